The number of hydrogen-bond donors (Lipinski definition) is 2. The molecule has 3 heterocycles. The van der Waals surface area contributed by atoms with Crippen molar-refractivity contribution in [1.29, 1.82) is 0 Å². The molecular formula is C11H13N3OS. The molecule has 2 aromatic heterocycles. The van der Waals surface area contributed by atoms with Gasteiger partial charge in [0.05, 0.1) is 17.8 Å². The van der Waals surface area contributed by atoms with Crippen LogP contribution in [-0.4, -0.2) is 32.5 Å². The van der Waals surface area contributed by atoms with E-state index in [2.05, 4.69) is 10.3 Å². The highest BCUT2D eigenvalue weighted by atomic mass is 32.2. The minimum Gasteiger partial charge on any atom is -0.508 e. The van der Waals surface area contributed by atoms with Crippen LogP contribution in [0.25, 0.3) is 5.52 Å². The van der Waals surface area contributed by atoms with Crippen molar-refractivity contribution in [2.75, 3.05) is 18.1 Å². The van der Waals surface area contributed by atoms with E-state index in [1.165, 1.54) is 5.75 Å². The molecule has 3 rings (SSSR count). The Kier molecular flexibility index (Phi) is 2.49. The van der Waals surface area contributed by atoms with Crippen LogP contribution >= 0.6 is 11.8 Å². The molecule has 16 heavy (non-hydrogen) atoms. The van der Waals surface area contributed by atoms with Crippen LogP contribution in [0.15, 0.2) is 24.5 Å². The monoisotopic (exact) mass is 235 g/mol. The number of pyridine rings is 1. The number of rotatable bonds is 1. The van der Waals surface area contributed by atoms with Gasteiger partial charge in [-0.25, -0.2) is 4.98 Å². The Morgan fingerprint density at radius 2 is 2.50 bits per heavy atom. The molecule has 1 aliphatic heterocycles. The van der Waals surface area contributed by atoms with Gasteiger partial charge in [-0.15, -0.1) is 0 Å². The van der Waals surface area contributed by atoms with Crippen molar-refractivity contribution in [3.8, 4) is 5.75 Å². The summed E-state index contributed by atoms with van der Waals surface area (Å²) in [6.45, 7) is 1.03. The summed E-state index contributed by atoms with van der Waals surface area (Å²) in [7, 11) is 0. The molecule has 0 aromatic carbocycles. The molecule has 5 heteroatoms. The zero-order chi connectivity index (χ0) is 11.0. The van der Waals surface area contributed by atoms with Crippen molar-refractivity contribution in [3.05, 3.63) is 30.4 Å². The number of hydrogen-bond acceptors (Lipinski definition) is 4. The predicted molar refractivity (Wildman–Crippen MR) is 64.9 cm³/mol. The summed E-state index contributed by atoms with van der Waals surface area (Å²) in [4.78, 5) is 4.44. The Morgan fingerprint density at radius 3 is 3.31 bits per heavy atom. The number of nitrogens with one attached hydrogen (secondary N) is 1. The molecule has 0 radical (unpaired) electrons. The molecule has 0 spiro atoms. The fourth-order valence-electron chi connectivity index (χ4n) is 2.00. The molecular weight excluding hydrogens is 222 g/mol. The molecule has 2 aromatic rings. The normalized spacial score (nSPS) is 21.4. The van der Waals surface area contributed by atoms with Crippen LogP contribution in [0.2, 0.25) is 0 Å². The van der Waals surface area contributed by atoms with Gasteiger partial charge in [0, 0.05) is 30.3 Å². The van der Waals surface area contributed by atoms with Crippen molar-refractivity contribution in [2.24, 2.45) is 0 Å². The largest absolute Gasteiger partial charge is 0.508 e. The Hall–Kier alpha value is -1.20. The Bertz CT molecular complexity index is 505. The lowest BCUT2D eigenvalue weighted by Gasteiger charge is -2.22. The zero-order valence-electron chi connectivity index (χ0n) is 8.76. The van der Waals surface area contributed by atoms with Gasteiger partial charge in [-0.05, 0) is 6.07 Å². The Morgan fingerprint density at radius 1 is 1.56 bits per heavy atom. The molecule has 1 fully saturated rings. The molecule has 0 saturated carbocycles. The van der Waals surface area contributed by atoms with Crippen molar-refractivity contribution < 1.29 is 5.11 Å². The number of thioether (sulfide) groups is 1. The zero-order valence-corrected chi connectivity index (χ0v) is 9.57. The third-order valence-corrected chi connectivity index (χ3v) is 3.84. The van der Waals surface area contributed by atoms with Crippen LogP contribution in [-0.2, 0) is 0 Å². The van der Waals surface area contributed by atoms with Crippen LogP contribution in [0, 0.1) is 0 Å². The third kappa shape index (κ3) is 1.66. The standard InChI is InChI=1S/C11H13N3OS/c15-9-1-3-14-8(5-9)6-13-11(14)10-7-16-4-2-12-10/h1,3,5-6,10,12,15H,2,4,7H2. The molecule has 2 N–H and O–H groups in total. The van der Waals surface area contributed by atoms with E-state index in [1.54, 1.807) is 18.3 Å². The van der Waals surface area contributed by atoms with Crippen molar-refractivity contribution in [3.63, 3.8) is 0 Å². The number of aromatic nitrogens is 2. The second kappa shape index (κ2) is 3.99. The van der Waals surface area contributed by atoms with Crippen LogP contribution in [0.3, 0.4) is 0 Å². The number of fused-ring (bicyclic) bond motifs is 1. The lowest BCUT2D eigenvalue weighted by molar-refractivity contribution is 0.474. The topological polar surface area (TPSA) is 49.6 Å². The maximum atomic E-state index is 9.39. The summed E-state index contributed by atoms with van der Waals surface area (Å²) >= 11 is 1.95. The molecule has 1 unspecified atom stereocenters. The maximum Gasteiger partial charge on any atom is 0.131 e. The lowest BCUT2D eigenvalue weighted by atomic mass is 10.3. The summed E-state index contributed by atoms with van der Waals surface area (Å²) in [5, 5.41) is 12.9. The average molecular weight is 235 g/mol. The molecule has 0 bridgehead atoms. The lowest BCUT2D eigenvalue weighted by Crippen LogP contribution is -2.31. The molecule has 1 atom stereocenters. The first-order valence-corrected chi connectivity index (χ1v) is 6.47. The quantitative estimate of drug-likeness (QED) is 0.785. The summed E-state index contributed by atoms with van der Waals surface area (Å²) < 4.78 is 2.03. The third-order valence-electron chi connectivity index (χ3n) is 2.78. The minimum absolute atomic E-state index is 0.282. The van der Waals surface area contributed by atoms with E-state index in [0.29, 0.717) is 6.04 Å². The van der Waals surface area contributed by atoms with Gasteiger partial charge in [0.15, 0.2) is 0 Å². The summed E-state index contributed by atoms with van der Waals surface area (Å²) in [6, 6.07) is 3.73. The fourth-order valence-corrected chi connectivity index (χ4v) is 2.93. The molecule has 84 valence electrons. The second-order valence-corrected chi connectivity index (χ2v) is 5.03. The smallest absolute Gasteiger partial charge is 0.131 e. The van der Waals surface area contributed by atoms with Crippen LogP contribution < -0.4 is 5.32 Å². The van der Waals surface area contributed by atoms with E-state index in [9.17, 15) is 5.11 Å². The van der Waals surface area contributed by atoms with E-state index in [4.69, 9.17) is 0 Å². The molecule has 0 aliphatic carbocycles. The molecule has 1 saturated heterocycles. The highest BCUT2D eigenvalue weighted by Crippen LogP contribution is 2.23. The number of nitrogens with zero attached hydrogens (tertiary/aromatic N) is 2. The predicted octanol–water partition coefficient (Wildman–Crippen LogP) is 1.42. The highest BCUT2D eigenvalue weighted by Gasteiger charge is 2.19. The average Bonchev–Trinajstić information content (AvgIpc) is 2.73. The molecule has 1 aliphatic rings. The maximum absolute atomic E-state index is 9.39. The second-order valence-electron chi connectivity index (χ2n) is 3.88. The van der Waals surface area contributed by atoms with Gasteiger partial charge in [0.2, 0.25) is 0 Å². The van der Waals surface area contributed by atoms with E-state index >= 15 is 0 Å². The Balaban J connectivity index is 2.03. The fraction of sp³-hybridized carbons (Fsp3) is 0.364. The van der Waals surface area contributed by atoms with Gasteiger partial charge in [0.1, 0.15) is 11.6 Å². The molecule has 4 nitrogen and oxygen atoms in total. The van der Waals surface area contributed by atoms with E-state index in [0.717, 1.165) is 23.6 Å². The van der Waals surface area contributed by atoms with Gasteiger partial charge in [0.25, 0.3) is 0 Å². The first-order chi connectivity index (χ1) is 7.84. The van der Waals surface area contributed by atoms with E-state index in [1.807, 2.05) is 22.4 Å². The first-order valence-electron chi connectivity index (χ1n) is 5.32. The first kappa shape index (κ1) is 9.99. The van der Waals surface area contributed by atoms with Gasteiger partial charge in [-0.1, -0.05) is 0 Å². The van der Waals surface area contributed by atoms with Gasteiger partial charge in [-0.3, -0.25) is 0 Å². The SMILES string of the molecule is Oc1ccn2c(C3CSCCN3)ncc2c1. The number of aromatic hydroxyl groups is 1. The van der Waals surface area contributed by atoms with E-state index < -0.39 is 0 Å². The van der Waals surface area contributed by atoms with Crippen molar-refractivity contribution in [1.82, 2.24) is 14.7 Å². The number of imidazole rings is 1. The van der Waals surface area contributed by atoms with Crippen molar-refractivity contribution >= 4 is 17.3 Å². The van der Waals surface area contributed by atoms with Gasteiger partial charge >= 0.3 is 0 Å². The van der Waals surface area contributed by atoms with Crippen LogP contribution in [0.5, 0.6) is 5.75 Å². The van der Waals surface area contributed by atoms with E-state index in [-0.39, 0.29) is 5.75 Å². The summed E-state index contributed by atoms with van der Waals surface area (Å²) in [5.74, 6) is 3.53. The van der Waals surface area contributed by atoms with Crippen molar-refractivity contribution in [2.45, 2.75) is 6.04 Å². The highest BCUT2D eigenvalue weighted by molar-refractivity contribution is 7.99. The van der Waals surface area contributed by atoms with Gasteiger partial charge < -0.3 is 14.8 Å². The van der Waals surface area contributed by atoms with Crippen LogP contribution in [0.1, 0.15) is 11.9 Å². The minimum atomic E-state index is 0.282. The van der Waals surface area contributed by atoms with Gasteiger partial charge in [-0.2, -0.15) is 11.8 Å². The Labute approximate surface area is 97.7 Å². The summed E-state index contributed by atoms with van der Waals surface area (Å²) in [5.41, 5.74) is 0.937. The summed E-state index contributed by atoms with van der Waals surface area (Å²) in [6.07, 6.45) is 3.67. The molecule has 0 amide bonds. The van der Waals surface area contributed by atoms with Crippen LogP contribution in [0.4, 0.5) is 0 Å².